The smallest absolute Gasteiger partial charge is 0.547 e. The molecule has 0 aromatic heterocycles. The van der Waals surface area contributed by atoms with Gasteiger partial charge in [-0.25, -0.2) is 0 Å². The number of carboxylic acid groups (broad SMARTS) is 2. The molecule has 0 spiro atoms. The molecule has 0 saturated heterocycles. The Hall–Kier alpha value is 2.88. The second-order valence-corrected chi connectivity index (χ2v) is 2.51. The van der Waals surface area contributed by atoms with Crippen LogP contribution in [0.1, 0.15) is 0 Å². The van der Waals surface area contributed by atoms with Crippen molar-refractivity contribution < 1.29 is 178 Å². The molecule has 0 bridgehead atoms. The average Bonchev–Trinajstić information content (AvgIpc) is 2.12. The van der Waals surface area contributed by atoms with Crippen molar-refractivity contribution in [3.8, 4) is 0 Å². The van der Waals surface area contributed by atoms with Crippen molar-refractivity contribution in [1.29, 1.82) is 0 Å². The van der Waals surface area contributed by atoms with E-state index in [1.165, 1.54) is 0 Å². The van der Waals surface area contributed by atoms with Crippen LogP contribution in [-0.4, -0.2) is 56.8 Å². The van der Waals surface area contributed by atoms with E-state index in [9.17, 15) is 19.8 Å². The van der Waals surface area contributed by atoms with Crippen molar-refractivity contribution in [2.75, 3.05) is 0 Å². The van der Waals surface area contributed by atoms with Gasteiger partial charge in [0.1, 0.15) is 24.4 Å². The standard InChI is InChI=1S/C6H10O8.2Cs/c7-1(3(9)5(11)12)2(8)4(10)6(13)14;;/h1-4,7-10H,(H,11,12)(H,13,14);;/q;2*+1/p-2. The summed E-state index contributed by atoms with van der Waals surface area (Å²) in [7, 11) is 0. The van der Waals surface area contributed by atoms with E-state index in [0.717, 1.165) is 0 Å². The predicted octanol–water partition coefficient (Wildman–Crippen LogP) is -12.1. The molecule has 0 heterocycles. The Morgan fingerprint density at radius 1 is 0.750 bits per heavy atom. The Bertz CT molecular complexity index is 211. The van der Waals surface area contributed by atoms with Gasteiger partial charge in [0.15, 0.2) is 0 Å². The molecule has 0 fully saturated rings. The van der Waals surface area contributed by atoms with Gasteiger partial charge < -0.3 is 40.2 Å². The van der Waals surface area contributed by atoms with Gasteiger partial charge in [0.25, 0.3) is 0 Å². The first-order valence-electron chi connectivity index (χ1n) is 3.43. The summed E-state index contributed by atoms with van der Waals surface area (Å²) in [6.07, 6.45) is -9.76. The molecule has 4 unspecified atom stereocenters. The van der Waals surface area contributed by atoms with E-state index in [4.69, 9.17) is 20.4 Å². The molecule has 0 rings (SSSR count). The molecule has 82 valence electrons. The van der Waals surface area contributed by atoms with Crippen LogP contribution >= 0.6 is 0 Å². The second-order valence-electron chi connectivity index (χ2n) is 2.51. The normalized spacial score (nSPS) is 17.0. The van der Waals surface area contributed by atoms with Gasteiger partial charge in [-0.3, -0.25) is 0 Å². The maximum atomic E-state index is 9.96. The summed E-state index contributed by atoms with van der Waals surface area (Å²) in [5, 5.41) is 54.7. The Morgan fingerprint density at radius 2 is 0.938 bits per heavy atom. The van der Waals surface area contributed by atoms with Crippen LogP contribution < -0.4 is 148 Å². The topological polar surface area (TPSA) is 161 Å². The maximum absolute atomic E-state index is 9.96. The van der Waals surface area contributed by atoms with Crippen molar-refractivity contribution in [2.24, 2.45) is 0 Å². The zero-order valence-electron chi connectivity index (χ0n) is 8.73. The Morgan fingerprint density at radius 3 is 1.06 bits per heavy atom. The van der Waals surface area contributed by atoms with Crippen LogP contribution in [0.4, 0.5) is 0 Å². The Kier molecular flexibility index (Phi) is 17.5. The summed E-state index contributed by atoms with van der Waals surface area (Å²) in [5.74, 6) is -4.22. The number of hydrogen-bond donors (Lipinski definition) is 4. The Labute approximate surface area is 208 Å². The molecule has 0 aliphatic carbocycles. The number of carboxylic acids is 2. The molecule has 16 heavy (non-hydrogen) atoms. The van der Waals surface area contributed by atoms with Crippen LogP contribution in [0.15, 0.2) is 0 Å². The van der Waals surface area contributed by atoms with Gasteiger partial charge in [0.2, 0.25) is 0 Å². The fourth-order valence-electron chi connectivity index (χ4n) is 0.652. The van der Waals surface area contributed by atoms with Gasteiger partial charge in [-0.15, -0.1) is 0 Å². The van der Waals surface area contributed by atoms with Crippen molar-refractivity contribution in [1.82, 2.24) is 0 Å². The summed E-state index contributed by atoms with van der Waals surface area (Å²) in [4.78, 5) is 19.9. The molecule has 8 nitrogen and oxygen atoms in total. The maximum Gasteiger partial charge on any atom is 1.00 e. The molecule has 0 radical (unpaired) electrons. The number of carbonyl (C=O) groups excluding carboxylic acids is 2. The molecule has 0 amide bonds. The second kappa shape index (κ2) is 11.7. The van der Waals surface area contributed by atoms with Crippen molar-refractivity contribution in [3.63, 3.8) is 0 Å². The van der Waals surface area contributed by atoms with Crippen LogP contribution in [0.3, 0.4) is 0 Å². The van der Waals surface area contributed by atoms with Crippen molar-refractivity contribution >= 4 is 11.9 Å². The van der Waals surface area contributed by atoms with Gasteiger partial charge >= 0.3 is 138 Å². The number of carbonyl (C=O) groups is 2. The molecule has 0 saturated carbocycles. The van der Waals surface area contributed by atoms with E-state index in [-0.39, 0.29) is 138 Å². The summed E-state index contributed by atoms with van der Waals surface area (Å²) >= 11 is 0. The Balaban J connectivity index is -0.000000845. The van der Waals surface area contributed by atoms with Gasteiger partial charge in [0.05, 0.1) is 11.9 Å². The van der Waals surface area contributed by atoms with Crippen LogP contribution in [0.2, 0.25) is 0 Å². The molecule has 0 aromatic carbocycles. The molecular formula is C6H8Cs2O8. The quantitative estimate of drug-likeness (QED) is 0.306. The van der Waals surface area contributed by atoms with Gasteiger partial charge in [-0.05, 0) is 0 Å². The number of aliphatic hydroxyl groups excluding tert-OH is 4. The minimum Gasteiger partial charge on any atom is -0.547 e. The minimum absolute atomic E-state index is 0. The van der Waals surface area contributed by atoms with E-state index < -0.39 is 36.4 Å². The van der Waals surface area contributed by atoms with E-state index in [1.807, 2.05) is 0 Å². The van der Waals surface area contributed by atoms with E-state index in [1.54, 1.807) is 0 Å². The summed E-state index contributed by atoms with van der Waals surface area (Å²) < 4.78 is 0. The van der Waals surface area contributed by atoms with Crippen LogP contribution in [0, 0.1) is 0 Å². The van der Waals surface area contributed by atoms with E-state index >= 15 is 0 Å². The van der Waals surface area contributed by atoms with Crippen LogP contribution in [0.25, 0.3) is 0 Å². The van der Waals surface area contributed by atoms with E-state index in [0.29, 0.717) is 0 Å². The van der Waals surface area contributed by atoms with Gasteiger partial charge in [-0.2, -0.15) is 0 Å². The van der Waals surface area contributed by atoms with Gasteiger partial charge in [0, 0.05) is 0 Å². The minimum atomic E-state index is -2.50. The largest absolute Gasteiger partial charge is 1.00 e. The molecule has 0 aliphatic heterocycles. The fourth-order valence-corrected chi connectivity index (χ4v) is 0.652. The number of rotatable bonds is 5. The van der Waals surface area contributed by atoms with Crippen molar-refractivity contribution in [2.45, 2.75) is 24.4 Å². The van der Waals surface area contributed by atoms with E-state index in [2.05, 4.69) is 0 Å². The third kappa shape index (κ3) is 8.13. The number of hydrogen-bond acceptors (Lipinski definition) is 8. The zero-order valence-corrected chi connectivity index (χ0v) is 21.3. The average molecular weight is 474 g/mol. The zero-order chi connectivity index (χ0) is 11.5. The summed E-state index contributed by atoms with van der Waals surface area (Å²) in [5.41, 5.74) is 0. The molecule has 4 atom stereocenters. The molecule has 0 aromatic rings. The SMILES string of the molecule is O=C([O-])C(O)C(O)C(O)C(O)C(=O)[O-].[Cs+].[Cs+]. The monoisotopic (exact) mass is 474 g/mol. The predicted molar refractivity (Wildman–Crippen MR) is 34.0 cm³/mol. The first-order valence-corrected chi connectivity index (χ1v) is 3.43. The van der Waals surface area contributed by atoms with Crippen LogP contribution in [0.5, 0.6) is 0 Å². The molecule has 4 N–H and O–H groups in total. The van der Waals surface area contributed by atoms with Crippen molar-refractivity contribution in [3.05, 3.63) is 0 Å². The molecule has 0 aliphatic rings. The summed E-state index contributed by atoms with van der Waals surface area (Å²) in [6, 6.07) is 0. The molecular weight excluding hydrogens is 466 g/mol. The van der Waals surface area contributed by atoms with Crippen LogP contribution in [-0.2, 0) is 9.59 Å². The fraction of sp³-hybridized carbons (Fsp3) is 0.667. The summed E-state index contributed by atoms with van der Waals surface area (Å²) in [6.45, 7) is 0. The third-order valence-electron chi connectivity index (χ3n) is 1.48. The third-order valence-corrected chi connectivity index (χ3v) is 1.48. The number of aliphatic hydroxyl groups is 4. The molecule has 10 heteroatoms. The first kappa shape index (κ1) is 23.9. The first-order chi connectivity index (χ1) is 6.29. The van der Waals surface area contributed by atoms with Gasteiger partial charge in [-0.1, -0.05) is 0 Å². The number of aliphatic carboxylic acids is 2.